The molecule has 1 heteroatoms. The molecule has 0 radical (unpaired) electrons. The van der Waals surface area contributed by atoms with Crippen molar-refractivity contribution < 1.29 is 5.11 Å². The van der Waals surface area contributed by atoms with Crippen molar-refractivity contribution in [2.75, 3.05) is 0 Å². The lowest BCUT2D eigenvalue weighted by Crippen LogP contribution is -2.21. The van der Waals surface area contributed by atoms with E-state index in [4.69, 9.17) is 0 Å². The van der Waals surface area contributed by atoms with Gasteiger partial charge in [-0.3, -0.25) is 0 Å². The average molecular weight is 655 g/mol. The van der Waals surface area contributed by atoms with Crippen molar-refractivity contribution in [3.63, 3.8) is 0 Å². The first-order valence-corrected chi connectivity index (χ1v) is 21.6. The minimum atomic E-state index is 0.0152. The van der Waals surface area contributed by atoms with E-state index in [2.05, 4.69) is 53.7 Å². The SMILES string of the molecule is CCCCCCCCCCCCCCCCCC(C)(C)c1ccc(O)c(C(C)(C)CCCCCCCCCCCCCCCCC)c1. The van der Waals surface area contributed by atoms with Gasteiger partial charge in [0.15, 0.2) is 0 Å². The van der Waals surface area contributed by atoms with Crippen LogP contribution in [0.5, 0.6) is 5.75 Å². The molecule has 1 rings (SSSR count). The molecule has 0 amide bonds. The third-order valence-electron chi connectivity index (χ3n) is 11.3. The van der Waals surface area contributed by atoms with Gasteiger partial charge < -0.3 is 5.11 Å². The highest BCUT2D eigenvalue weighted by Crippen LogP contribution is 2.39. The summed E-state index contributed by atoms with van der Waals surface area (Å²) < 4.78 is 0. The fourth-order valence-electron chi connectivity index (χ4n) is 7.65. The van der Waals surface area contributed by atoms with Gasteiger partial charge in [-0.15, -0.1) is 0 Å². The fourth-order valence-corrected chi connectivity index (χ4v) is 7.65. The van der Waals surface area contributed by atoms with Crippen LogP contribution in [0.2, 0.25) is 0 Å². The lowest BCUT2D eigenvalue weighted by Gasteiger charge is -2.31. The standard InChI is InChI=1S/C46H86O/c1-7-9-11-13-15-17-19-21-23-25-27-29-31-33-35-39-45(3,4)42-37-38-44(47)43(41-42)46(5,6)40-36-34-32-30-28-26-24-22-20-18-16-14-12-10-8-2/h37-38,41,47H,7-36,39-40H2,1-6H3. The Morgan fingerprint density at radius 1 is 0.383 bits per heavy atom. The molecule has 0 fully saturated rings. The van der Waals surface area contributed by atoms with Crippen LogP contribution >= 0.6 is 0 Å². The number of benzene rings is 1. The van der Waals surface area contributed by atoms with Crippen LogP contribution in [0.3, 0.4) is 0 Å². The largest absolute Gasteiger partial charge is 0.508 e. The van der Waals surface area contributed by atoms with Crippen molar-refractivity contribution >= 4 is 0 Å². The van der Waals surface area contributed by atoms with Crippen molar-refractivity contribution in [1.82, 2.24) is 0 Å². The summed E-state index contributed by atoms with van der Waals surface area (Å²) >= 11 is 0. The molecule has 0 bridgehead atoms. The van der Waals surface area contributed by atoms with Gasteiger partial charge in [-0.1, -0.05) is 246 Å². The molecule has 0 aromatic heterocycles. The summed E-state index contributed by atoms with van der Waals surface area (Å²) in [5, 5.41) is 10.9. The number of phenolic OH excluding ortho intramolecular Hbond substituents is 1. The molecule has 1 aromatic carbocycles. The van der Waals surface area contributed by atoms with Crippen LogP contribution in [-0.2, 0) is 10.8 Å². The van der Waals surface area contributed by atoms with Gasteiger partial charge in [0.25, 0.3) is 0 Å². The smallest absolute Gasteiger partial charge is 0.119 e. The van der Waals surface area contributed by atoms with Gasteiger partial charge in [-0.25, -0.2) is 0 Å². The predicted molar refractivity (Wildman–Crippen MR) is 213 cm³/mol. The summed E-state index contributed by atoms with van der Waals surface area (Å²) in [5.41, 5.74) is 2.73. The molecule has 0 heterocycles. The molecule has 0 saturated carbocycles. The van der Waals surface area contributed by atoms with E-state index in [1.165, 1.54) is 205 Å². The Morgan fingerprint density at radius 2 is 0.660 bits per heavy atom. The van der Waals surface area contributed by atoms with E-state index in [0.29, 0.717) is 5.75 Å². The number of hydrogen-bond donors (Lipinski definition) is 1. The Balaban J connectivity index is 2.19. The number of phenols is 1. The van der Waals surface area contributed by atoms with Crippen molar-refractivity contribution in [1.29, 1.82) is 0 Å². The zero-order chi connectivity index (χ0) is 34.5. The van der Waals surface area contributed by atoms with Crippen LogP contribution in [0.15, 0.2) is 18.2 Å². The minimum absolute atomic E-state index is 0.0152. The lowest BCUT2D eigenvalue weighted by molar-refractivity contribution is 0.399. The van der Waals surface area contributed by atoms with E-state index >= 15 is 0 Å². The van der Waals surface area contributed by atoms with Crippen LogP contribution in [0, 0.1) is 0 Å². The maximum atomic E-state index is 10.9. The van der Waals surface area contributed by atoms with Crippen LogP contribution in [0.4, 0.5) is 0 Å². The topological polar surface area (TPSA) is 20.2 Å². The van der Waals surface area contributed by atoms with Crippen LogP contribution in [-0.4, -0.2) is 5.11 Å². The quantitative estimate of drug-likeness (QED) is 0.0733. The molecular formula is C46H86O. The second-order valence-electron chi connectivity index (χ2n) is 16.9. The average Bonchev–Trinajstić information content (AvgIpc) is 3.04. The Morgan fingerprint density at radius 3 is 0.979 bits per heavy atom. The maximum absolute atomic E-state index is 10.9. The van der Waals surface area contributed by atoms with Gasteiger partial charge in [0.2, 0.25) is 0 Å². The number of unbranched alkanes of at least 4 members (excludes halogenated alkanes) is 28. The highest BCUT2D eigenvalue weighted by molar-refractivity contribution is 5.43. The number of aromatic hydroxyl groups is 1. The van der Waals surface area contributed by atoms with Crippen molar-refractivity contribution in [2.45, 2.75) is 258 Å². The molecule has 0 saturated heterocycles. The normalized spacial score (nSPS) is 12.3. The molecule has 0 unspecified atom stereocenters. The van der Waals surface area contributed by atoms with Crippen molar-refractivity contribution in [3.05, 3.63) is 29.3 Å². The molecule has 0 aliphatic carbocycles. The highest BCUT2D eigenvalue weighted by Gasteiger charge is 2.27. The monoisotopic (exact) mass is 655 g/mol. The van der Waals surface area contributed by atoms with Crippen molar-refractivity contribution in [2.24, 2.45) is 0 Å². The third-order valence-corrected chi connectivity index (χ3v) is 11.3. The predicted octanol–water partition coefficient (Wildman–Crippen LogP) is 16.5. The van der Waals surface area contributed by atoms with E-state index in [-0.39, 0.29) is 10.8 Å². The summed E-state index contributed by atoms with van der Waals surface area (Å²) in [6, 6.07) is 6.52. The first-order valence-electron chi connectivity index (χ1n) is 21.6. The number of hydrogen-bond acceptors (Lipinski definition) is 1. The molecule has 0 aliphatic heterocycles. The maximum Gasteiger partial charge on any atom is 0.119 e. The van der Waals surface area contributed by atoms with Crippen molar-refractivity contribution in [3.8, 4) is 5.75 Å². The fraction of sp³-hybridized carbons (Fsp3) is 0.870. The minimum Gasteiger partial charge on any atom is -0.508 e. The molecule has 1 N–H and O–H groups in total. The Labute approximate surface area is 297 Å². The molecule has 1 aromatic rings. The number of rotatable bonds is 34. The summed E-state index contributed by atoms with van der Waals surface area (Å²) in [7, 11) is 0. The Bertz CT molecular complexity index is 820. The first kappa shape index (κ1) is 44.0. The zero-order valence-corrected chi connectivity index (χ0v) is 33.3. The zero-order valence-electron chi connectivity index (χ0n) is 33.3. The second kappa shape index (κ2) is 28.8. The molecule has 0 atom stereocenters. The third kappa shape index (κ3) is 23.1. The van der Waals surface area contributed by atoms with E-state index in [9.17, 15) is 5.11 Å². The van der Waals surface area contributed by atoms with Gasteiger partial charge in [0.1, 0.15) is 5.75 Å². The molecule has 0 spiro atoms. The van der Waals surface area contributed by atoms with E-state index in [0.717, 1.165) is 12.0 Å². The summed E-state index contributed by atoms with van der Waals surface area (Å²) in [5.74, 6) is 0.488. The summed E-state index contributed by atoms with van der Waals surface area (Å²) in [6.45, 7) is 14.1. The molecule has 0 aliphatic rings. The summed E-state index contributed by atoms with van der Waals surface area (Å²) in [4.78, 5) is 0. The van der Waals surface area contributed by atoms with E-state index in [1.54, 1.807) is 0 Å². The van der Waals surface area contributed by atoms with Crippen LogP contribution < -0.4 is 0 Å². The molecule has 1 nitrogen and oxygen atoms in total. The van der Waals surface area contributed by atoms with Gasteiger partial charge in [-0.2, -0.15) is 0 Å². The molecular weight excluding hydrogens is 569 g/mol. The molecule has 47 heavy (non-hydrogen) atoms. The van der Waals surface area contributed by atoms with Gasteiger partial charge in [0, 0.05) is 0 Å². The summed E-state index contributed by atoms with van der Waals surface area (Å²) in [6.07, 6.45) is 44.8. The van der Waals surface area contributed by atoms with E-state index < -0.39 is 0 Å². The van der Waals surface area contributed by atoms with E-state index in [1.807, 2.05) is 6.07 Å². The second-order valence-corrected chi connectivity index (χ2v) is 16.9. The van der Waals surface area contributed by atoms with Gasteiger partial charge >= 0.3 is 0 Å². The first-order chi connectivity index (χ1) is 22.7. The van der Waals surface area contributed by atoms with Gasteiger partial charge in [-0.05, 0) is 40.9 Å². The lowest BCUT2D eigenvalue weighted by atomic mass is 9.74. The van der Waals surface area contributed by atoms with Gasteiger partial charge in [0.05, 0.1) is 0 Å². The van der Waals surface area contributed by atoms with Crippen LogP contribution in [0.1, 0.15) is 258 Å². The van der Waals surface area contributed by atoms with Crippen LogP contribution in [0.25, 0.3) is 0 Å². The Kier molecular flexibility index (Phi) is 27.0. The molecule has 276 valence electrons. The highest BCUT2D eigenvalue weighted by atomic mass is 16.3. The Hall–Kier alpha value is -0.980.